The van der Waals surface area contributed by atoms with Crippen molar-refractivity contribution in [1.29, 1.82) is 0 Å². The highest BCUT2D eigenvalue weighted by molar-refractivity contribution is 8.00. The molecule has 0 amide bonds. The topological polar surface area (TPSA) is 84.2 Å². The van der Waals surface area contributed by atoms with Crippen LogP contribution in [0.4, 0.5) is 5.69 Å². The zero-order chi connectivity index (χ0) is 11.8. The van der Waals surface area contributed by atoms with E-state index in [0.29, 0.717) is 16.9 Å². The Hall–Kier alpha value is -0.725. The predicted molar refractivity (Wildman–Crippen MR) is 63.0 cm³/mol. The second-order valence-electron chi connectivity index (χ2n) is 3.62. The zero-order valence-electron chi connectivity index (χ0n) is 8.45. The molecule has 1 aliphatic heterocycles. The Balaban J connectivity index is 2.30. The monoisotopic (exact) mass is 241 g/mol. The predicted octanol–water partition coefficient (Wildman–Crippen LogP) is -1.14. The van der Waals surface area contributed by atoms with Gasteiger partial charge in [0.2, 0.25) is 0 Å². The number of rotatable bonds is 2. The molecule has 0 radical (unpaired) electrons. The van der Waals surface area contributed by atoms with Crippen LogP contribution < -0.4 is 9.77 Å². The Labute approximate surface area is 97.6 Å². The minimum Gasteiger partial charge on any atom is -0.423 e. The number of hydrogen-bond acceptors (Lipinski definition) is 6. The third-order valence-corrected chi connectivity index (χ3v) is 3.53. The first-order chi connectivity index (χ1) is 7.50. The Morgan fingerprint density at radius 3 is 2.62 bits per heavy atom. The largest absolute Gasteiger partial charge is 0.488 e. The molecule has 0 unspecified atom stereocenters. The van der Waals surface area contributed by atoms with Crippen molar-refractivity contribution < 1.29 is 20.3 Å². The lowest BCUT2D eigenvalue weighted by Crippen LogP contribution is -2.41. The first-order valence-corrected chi connectivity index (χ1v) is 5.79. The molecule has 0 saturated carbocycles. The summed E-state index contributed by atoms with van der Waals surface area (Å²) >= 11 is 1.29. The van der Waals surface area contributed by atoms with Gasteiger partial charge in [-0.1, -0.05) is 12.1 Å². The van der Waals surface area contributed by atoms with E-state index in [9.17, 15) is 10.2 Å². The van der Waals surface area contributed by atoms with Crippen molar-refractivity contribution in [2.24, 2.45) is 0 Å². The van der Waals surface area contributed by atoms with Crippen LogP contribution in [0.1, 0.15) is 6.42 Å². The van der Waals surface area contributed by atoms with E-state index in [2.05, 4.69) is 0 Å². The van der Waals surface area contributed by atoms with E-state index >= 15 is 0 Å². The van der Waals surface area contributed by atoms with Gasteiger partial charge in [0.25, 0.3) is 5.91 Å². The summed E-state index contributed by atoms with van der Waals surface area (Å²) in [5.74, 6) is -1.26. The van der Waals surface area contributed by atoms with Crippen LogP contribution in [-0.4, -0.2) is 39.0 Å². The van der Waals surface area contributed by atoms with Crippen LogP contribution in [0, 0.1) is 0 Å². The standard InChI is InChI=1S/C9H12BNO4S/c12-9(13)4-5-16-11(9)8-3-1-2-7(6-8)10(14)15/h1-3,6,12-15H,4-5H2. The molecule has 86 valence electrons. The molecule has 1 fully saturated rings. The molecule has 1 saturated heterocycles. The molecule has 1 aliphatic rings. The smallest absolute Gasteiger partial charge is 0.423 e. The fourth-order valence-electron chi connectivity index (χ4n) is 1.57. The summed E-state index contributed by atoms with van der Waals surface area (Å²) in [5.41, 5.74) is 0.860. The molecule has 4 N–H and O–H groups in total. The fraction of sp³-hybridized carbons (Fsp3) is 0.333. The molecule has 0 atom stereocenters. The number of anilines is 1. The van der Waals surface area contributed by atoms with E-state index < -0.39 is 13.0 Å². The first kappa shape index (κ1) is 11.8. The van der Waals surface area contributed by atoms with Gasteiger partial charge in [-0.2, -0.15) is 0 Å². The molecule has 0 spiro atoms. The summed E-state index contributed by atoms with van der Waals surface area (Å²) in [6.45, 7) is 0. The molecule has 5 nitrogen and oxygen atoms in total. The van der Waals surface area contributed by atoms with Gasteiger partial charge in [-0.3, -0.25) is 4.31 Å². The lowest BCUT2D eigenvalue weighted by atomic mass is 9.80. The highest BCUT2D eigenvalue weighted by Crippen LogP contribution is 2.36. The van der Waals surface area contributed by atoms with Crippen LogP contribution in [0.5, 0.6) is 0 Å². The quantitative estimate of drug-likeness (QED) is 0.298. The van der Waals surface area contributed by atoms with Crippen molar-refractivity contribution >= 4 is 30.2 Å². The number of aliphatic hydroxyl groups is 2. The Kier molecular flexibility index (Phi) is 3.14. The van der Waals surface area contributed by atoms with Gasteiger partial charge in [0.05, 0.1) is 5.69 Å². The molecule has 0 aromatic heterocycles. The minimum atomic E-state index is -1.87. The zero-order valence-corrected chi connectivity index (χ0v) is 9.26. The molecule has 16 heavy (non-hydrogen) atoms. The SMILES string of the molecule is OB(O)c1cccc(N2SCCC2(O)O)c1. The summed E-state index contributed by atoms with van der Waals surface area (Å²) < 4.78 is 1.36. The van der Waals surface area contributed by atoms with E-state index in [0.717, 1.165) is 0 Å². The third kappa shape index (κ3) is 2.18. The Morgan fingerprint density at radius 2 is 2.06 bits per heavy atom. The van der Waals surface area contributed by atoms with Crippen molar-refractivity contribution in [3.05, 3.63) is 24.3 Å². The van der Waals surface area contributed by atoms with E-state index in [1.165, 1.54) is 22.3 Å². The molecule has 1 aromatic carbocycles. The molecule has 1 heterocycles. The Morgan fingerprint density at radius 1 is 1.31 bits per heavy atom. The molecule has 1 aromatic rings. The van der Waals surface area contributed by atoms with Crippen molar-refractivity contribution in [2.75, 3.05) is 10.1 Å². The van der Waals surface area contributed by atoms with Crippen molar-refractivity contribution in [1.82, 2.24) is 0 Å². The summed E-state index contributed by atoms with van der Waals surface area (Å²) in [6, 6.07) is 6.40. The minimum absolute atomic E-state index is 0.254. The summed E-state index contributed by atoms with van der Waals surface area (Å²) in [6.07, 6.45) is 0.254. The van der Waals surface area contributed by atoms with Crippen LogP contribution in [0.2, 0.25) is 0 Å². The molecule has 2 rings (SSSR count). The molecule has 7 heteroatoms. The van der Waals surface area contributed by atoms with Gasteiger partial charge in [-0.05, 0) is 29.5 Å². The van der Waals surface area contributed by atoms with Crippen molar-refractivity contribution in [3.63, 3.8) is 0 Å². The van der Waals surface area contributed by atoms with E-state index in [1.807, 2.05) is 0 Å². The summed E-state index contributed by atoms with van der Waals surface area (Å²) in [4.78, 5) is 0. The second-order valence-corrected chi connectivity index (χ2v) is 4.65. The van der Waals surface area contributed by atoms with Crippen LogP contribution in [-0.2, 0) is 0 Å². The van der Waals surface area contributed by atoms with Gasteiger partial charge in [-0.25, -0.2) is 0 Å². The van der Waals surface area contributed by atoms with Crippen LogP contribution >= 0.6 is 11.9 Å². The fourth-order valence-corrected chi connectivity index (χ4v) is 2.68. The lowest BCUT2D eigenvalue weighted by molar-refractivity contribution is -0.143. The van der Waals surface area contributed by atoms with E-state index in [1.54, 1.807) is 18.2 Å². The average molecular weight is 241 g/mol. The second kappa shape index (κ2) is 4.27. The van der Waals surface area contributed by atoms with Crippen molar-refractivity contribution in [3.8, 4) is 0 Å². The molecule has 0 bridgehead atoms. The van der Waals surface area contributed by atoms with Crippen LogP contribution in [0.3, 0.4) is 0 Å². The molecule has 0 aliphatic carbocycles. The maximum absolute atomic E-state index is 9.67. The first-order valence-electron chi connectivity index (χ1n) is 4.85. The van der Waals surface area contributed by atoms with Gasteiger partial charge >= 0.3 is 7.12 Å². The van der Waals surface area contributed by atoms with E-state index in [-0.39, 0.29) is 6.42 Å². The highest BCUT2D eigenvalue weighted by Gasteiger charge is 2.38. The summed E-state index contributed by atoms with van der Waals surface area (Å²) in [5, 5.41) is 37.4. The van der Waals surface area contributed by atoms with Crippen LogP contribution in [0.25, 0.3) is 0 Å². The number of benzene rings is 1. The van der Waals surface area contributed by atoms with Gasteiger partial charge in [0, 0.05) is 12.2 Å². The average Bonchev–Trinajstić information content (AvgIpc) is 2.58. The van der Waals surface area contributed by atoms with Crippen molar-refractivity contribution in [2.45, 2.75) is 12.3 Å². The molecular formula is C9H12BNO4S. The van der Waals surface area contributed by atoms with Crippen LogP contribution in [0.15, 0.2) is 24.3 Å². The highest BCUT2D eigenvalue weighted by atomic mass is 32.2. The van der Waals surface area contributed by atoms with Gasteiger partial charge < -0.3 is 20.3 Å². The molecular weight excluding hydrogens is 229 g/mol. The number of hydrogen-bond donors (Lipinski definition) is 4. The normalized spacial score (nSPS) is 18.9. The number of nitrogens with zero attached hydrogens (tertiary/aromatic N) is 1. The maximum Gasteiger partial charge on any atom is 0.488 e. The van der Waals surface area contributed by atoms with E-state index in [4.69, 9.17) is 10.0 Å². The Bertz CT molecular complexity index is 388. The van der Waals surface area contributed by atoms with Gasteiger partial charge in [-0.15, -0.1) is 0 Å². The third-order valence-electron chi connectivity index (χ3n) is 2.39. The maximum atomic E-state index is 9.67. The van der Waals surface area contributed by atoms with Gasteiger partial charge in [0.1, 0.15) is 0 Å². The van der Waals surface area contributed by atoms with Gasteiger partial charge in [0.15, 0.2) is 0 Å². The summed E-state index contributed by atoms with van der Waals surface area (Å²) in [7, 11) is -1.56. The lowest BCUT2D eigenvalue weighted by Gasteiger charge is -2.28.